The summed E-state index contributed by atoms with van der Waals surface area (Å²) in [5.74, 6) is -0.532. The summed E-state index contributed by atoms with van der Waals surface area (Å²) in [4.78, 5) is 18.8. The number of carbonyl (C=O) groups is 1. The molecule has 1 aliphatic heterocycles. The number of halogens is 1. The number of benzene rings is 2. The SMILES string of the molecule is N#Cc1ccc(-c2cncc3c2CCN3C(=O)c2ccc(F)cc2)cc1. The number of rotatable bonds is 2. The molecule has 2 aromatic carbocycles. The molecule has 126 valence electrons. The van der Waals surface area contributed by atoms with Crippen molar-refractivity contribution in [2.45, 2.75) is 6.42 Å². The minimum atomic E-state index is -0.367. The molecule has 4 nitrogen and oxygen atoms in total. The first-order chi connectivity index (χ1) is 12.7. The molecule has 0 saturated carbocycles. The van der Waals surface area contributed by atoms with E-state index in [-0.39, 0.29) is 11.7 Å². The van der Waals surface area contributed by atoms with Crippen molar-refractivity contribution in [3.63, 3.8) is 0 Å². The van der Waals surface area contributed by atoms with Crippen LogP contribution in [0.5, 0.6) is 0 Å². The number of nitriles is 1. The number of nitrogens with zero attached hydrogens (tertiary/aromatic N) is 3. The van der Waals surface area contributed by atoms with Gasteiger partial charge >= 0.3 is 0 Å². The summed E-state index contributed by atoms with van der Waals surface area (Å²) in [6.45, 7) is 0.556. The lowest BCUT2D eigenvalue weighted by Gasteiger charge is -2.17. The summed E-state index contributed by atoms with van der Waals surface area (Å²) >= 11 is 0. The summed E-state index contributed by atoms with van der Waals surface area (Å²) < 4.78 is 13.1. The second-order valence-corrected chi connectivity index (χ2v) is 6.09. The molecule has 0 N–H and O–H groups in total. The van der Waals surface area contributed by atoms with Crippen molar-refractivity contribution < 1.29 is 9.18 Å². The molecule has 5 heteroatoms. The van der Waals surface area contributed by atoms with Gasteiger partial charge in [-0.2, -0.15) is 5.26 Å². The van der Waals surface area contributed by atoms with Gasteiger partial charge in [0.2, 0.25) is 0 Å². The Balaban J connectivity index is 1.70. The summed E-state index contributed by atoms with van der Waals surface area (Å²) in [5, 5.41) is 8.95. The molecule has 3 aromatic rings. The normalized spacial score (nSPS) is 12.5. The van der Waals surface area contributed by atoms with Gasteiger partial charge in [-0.15, -0.1) is 0 Å². The second-order valence-electron chi connectivity index (χ2n) is 6.09. The zero-order chi connectivity index (χ0) is 18.1. The van der Waals surface area contributed by atoms with Gasteiger partial charge in [0, 0.05) is 23.9 Å². The monoisotopic (exact) mass is 343 g/mol. The van der Waals surface area contributed by atoms with Crippen LogP contribution in [0.2, 0.25) is 0 Å². The van der Waals surface area contributed by atoms with Crippen molar-refractivity contribution in [2.24, 2.45) is 0 Å². The molecule has 26 heavy (non-hydrogen) atoms. The predicted octanol–water partition coefficient (Wildman–Crippen LogP) is 3.96. The van der Waals surface area contributed by atoms with Crippen LogP contribution in [0.15, 0.2) is 60.9 Å². The Morgan fingerprint density at radius 1 is 1.08 bits per heavy atom. The quantitative estimate of drug-likeness (QED) is 0.708. The lowest BCUT2D eigenvalue weighted by atomic mass is 9.99. The highest BCUT2D eigenvalue weighted by Gasteiger charge is 2.28. The van der Waals surface area contributed by atoms with Gasteiger partial charge in [0.15, 0.2) is 0 Å². The van der Waals surface area contributed by atoms with E-state index in [2.05, 4.69) is 11.1 Å². The summed E-state index contributed by atoms with van der Waals surface area (Å²) in [6, 6.07) is 15.0. The third-order valence-corrected chi connectivity index (χ3v) is 4.57. The summed E-state index contributed by atoms with van der Waals surface area (Å²) in [5.41, 5.74) is 4.80. The molecule has 0 bridgehead atoms. The van der Waals surface area contributed by atoms with Crippen molar-refractivity contribution in [1.29, 1.82) is 5.26 Å². The highest BCUT2D eigenvalue weighted by Crippen LogP contribution is 2.36. The Morgan fingerprint density at radius 3 is 2.50 bits per heavy atom. The van der Waals surface area contributed by atoms with Crippen LogP contribution in [0.3, 0.4) is 0 Å². The Kier molecular flexibility index (Phi) is 3.94. The van der Waals surface area contributed by atoms with Crippen LogP contribution in [-0.4, -0.2) is 17.4 Å². The van der Waals surface area contributed by atoms with E-state index in [9.17, 15) is 9.18 Å². The first kappa shape index (κ1) is 16.0. The van der Waals surface area contributed by atoms with Gasteiger partial charge in [-0.25, -0.2) is 4.39 Å². The maximum absolute atomic E-state index is 13.1. The fourth-order valence-electron chi connectivity index (χ4n) is 3.25. The highest BCUT2D eigenvalue weighted by atomic mass is 19.1. The van der Waals surface area contributed by atoms with E-state index < -0.39 is 0 Å². The molecule has 1 aromatic heterocycles. The number of carbonyl (C=O) groups excluding carboxylic acids is 1. The zero-order valence-corrected chi connectivity index (χ0v) is 13.8. The van der Waals surface area contributed by atoms with Crippen molar-refractivity contribution in [3.05, 3.63) is 83.4 Å². The third kappa shape index (κ3) is 2.72. The Labute approximate surface area is 150 Å². The van der Waals surface area contributed by atoms with E-state index in [1.807, 2.05) is 12.1 Å². The Hall–Kier alpha value is -3.52. The minimum absolute atomic E-state index is 0.164. The van der Waals surface area contributed by atoms with Gasteiger partial charge in [-0.05, 0) is 53.9 Å². The molecule has 1 amide bonds. The van der Waals surface area contributed by atoms with Crippen molar-refractivity contribution in [1.82, 2.24) is 4.98 Å². The average molecular weight is 343 g/mol. The molecule has 0 unspecified atom stereocenters. The standard InChI is InChI=1S/C21H14FN3O/c22-17-7-5-16(6-8-17)21(26)25-10-9-18-19(12-24-13-20(18)25)15-3-1-14(11-23)2-4-15/h1-8,12-13H,9-10H2. The first-order valence-electron chi connectivity index (χ1n) is 8.22. The van der Waals surface area contributed by atoms with Crippen LogP contribution < -0.4 is 4.90 Å². The Bertz CT molecular complexity index is 1020. The molecule has 4 rings (SSSR count). The number of hydrogen-bond acceptors (Lipinski definition) is 3. The fraction of sp³-hybridized carbons (Fsp3) is 0.0952. The third-order valence-electron chi connectivity index (χ3n) is 4.57. The molecular formula is C21H14FN3O. The summed E-state index contributed by atoms with van der Waals surface area (Å²) in [6.07, 6.45) is 4.20. The van der Waals surface area contributed by atoms with E-state index in [4.69, 9.17) is 5.26 Å². The maximum Gasteiger partial charge on any atom is 0.258 e. The number of pyridine rings is 1. The van der Waals surface area contributed by atoms with Crippen LogP contribution in [-0.2, 0) is 6.42 Å². The lowest BCUT2D eigenvalue weighted by Crippen LogP contribution is -2.28. The summed E-state index contributed by atoms with van der Waals surface area (Å²) in [7, 11) is 0. The fourth-order valence-corrected chi connectivity index (χ4v) is 3.25. The zero-order valence-electron chi connectivity index (χ0n) is 13.8. The second kappa shape index (κ2) is 6.41. The van der Waals surface area contributed by atoms with Crippen LogP contribution in [0.1, 0.15) is 21.5 Å². The van der Waals surface area contributed by atoms with E-state index in [0.717, 1.165) is 28.8 Å². The van der Waals surface area contributed by atoms with Gasteiger partial charge in [-0.1, -0.05) is 12.1 Å². The number of hydrogen-bond donors (Lipinski definition) is 0. The molecule has 0 aliphatic carbocycles. The lowest BCUT2D eigenvalue weighted by molar-refractivity contribution is 0.0989. The molecule has 0 fully saturated rings. The van der Waals surface area contributed by atoms with Crippen LogP contribution in [0, 0.1) is 17.1 Å². The van der Waals surface area contributed by atoms with E-state index in [1.165, 1.54) is 24.3 Å². The van der Waals surface area contributed by atoms with Crippen molar-refractivity contribution >= 4 is 11.6 Å². The largest absolute Gasteiger partial charge is 0.306 e. The molecular weight excluding hydrogens is 329 g/mol. The predicted molar refractivity (Wildman–Crippen MR) is 96.2 cm³/mol. The topological polar surface area (TPSA) is 57.0 Å². The van der Waals surface area contributed by atoms with E-state index in [0.29, 0.717) is 17.7 Å². The van der Waals surface area contributed by atoms with Crippen molar-refractivity contribution in [3.8, 4) is 17.2 Å². The number of aromatic nitrogens is 1. The van der Waals surface area contributed by atoms with Gasteiger partial charge in [0.1, 0.15) is 5.82 Å². The van der Waals surface area contributed by atoms with Gasteiger partial charge < -0.3 is 4.90 Å². The smallest absolute Gasteiger partial charge is 0.258 e. The Morgan fingerprint density at radius 2 is 1.81 bits per heavy atom. The van der Waals surface area contributed by atoms with Gasteiger partial charge in [0.05, 0.1) is 23.5 Å². The molecule has 0 atom stereocenters. The van der Waals surface area contributed by atoms with Gasteiger partial charge in [0.25, 0.3) is 5.91 Å². The number of fused-ring (bicyclic) bond motifs is 1. The van der Waals surface area contributed by atoms with Crippen LogP contribution >= 0.6 is 0 Å². The molecule has 1 aliphatic rings. The first-order valence-corrected chi connectivity index (χ1v) is 8.22. The molecule has 0 radical (unpaired) electrons. The van der Waals surface area contributed by atoms with E-state index in [1.54, 1.807) is 29.4 Å². The molecule has 2 heterocycles. The number of anilines is 1. The number of amides is 1. The minimum Gasteiger partial charge on any atom is -0.306 e. The van der Waals surface area contributed by atoms with Crippen molar-refractivity contribution in [2.75, 3.05) is 11.4 Å². The van der Waals surface area contributed by atoms with Crippen LogP contribution in [0.25, 0.3) is 11.1 Å². The van der Waals surface area contributed by atoms with Crippen LogP contribution in [0.4, 0.5) is 10.1 Å². The highest BCUT2D eigenvalue weighted by molar-refractivity contribution is 6.07. The molecule has 0 spiro atoms. The molecule has 0 saturated heterocycles. The van der Waals surface area contributed by atoms with Gasteiger partial charge in [-0.3, -0.25) is 9.78 Å². The van der Waals surface area contributed by atoms with E-state index >= 15 is 0 Å². The average Bonchev–Trinajstić information content (AvgIpc) is 3.12. The maximum atomic E-state index is 13.1.